The van der Waals surface area contributed by atoms with E-state index < -0.39 is 15.1 Å². The maximum absolute atomic E-state index is 12.3. The zero-order chi connectivity index (χ0) is 18.6. The SMILES string of the molecule is CCOc1ccc(OCC(=O)N2CC(S(=O)(=O)Cc3ccco3)C2)cc1. The lowest BCUT2D eigenvalue weighted by molar-refractivity contribution is -0.136. The van der Waals surface area contributed by atoms with Crippen LogP contribution < -0.4 is 9.47 Å². The van der Waals surface area contributed by atoms with E-state index in [1.54, 1.807) is 36.4 Å². The molecule has 1 aliphatic heterocycles. The monoisotopic (exact) mass is 379 g/mol. The van der Waals surface area contributed by atoms with Gasteiger partial charge in [0.25, 0.3) is 5.91 Å². The third-order valence-corrected chi connectivity index (χ3v) is 6.13. The van der Waals surface area contributed by atoms with Crippen LogP contribution in [0.5, 0.6) is 11.5 Å². The van der Waals surface area contributed by atoms with Gasteiger partial charge in [-0.3, -0.25) is 4.79 Å². The van der Waals surface area contributed by atoms with Gasteiger partial charge in [-0.15, -0.1) is 0 Å². The quantitative estimate of drug-likeness (QED) is 0.696. The molecule has 2 aromatic rings. The van der Waals surface area contributed by atoms with E-state index in [1.807, 2.05) is 6.92 Å². The largest absolute Gasteiger partial charge is 0.494 e. The fourth-order valence-corrected chi connectivity index (χ4v) is 4.23. The van der Waals surface area contributed by atoms with Gasteiger partial charge in [0, 0.05) is 13.1 Å². The van der Waals surface area contributed by atoms with Crippen molar-refractivity contribution in [3.63, 3.8) is 0 Å². The Morgan fingerprint density at radius 2 is 1.81 bits per heavy atom. The van der Waals surface area contributed by atoms with Gasteiger partial charge in [0.15, 0.2) is 16.4 Å². The Balaban J connectivity index is 1.44. The average molecular weight is 379 g/mol. The highest BCUT2D eigenvalue weighted by molar-refractivity contribution is 7.91. The molecule has 1 aliphatic rings. The molecule has 7 nitrogen and oxygen atoms in total. The number of nitrogens with zero attached hydrogens (tertiary/aromatic N) is 1. The zero-order valence-electron chi connectivity index (χ0n) is 14.5. The van der Waals surface area contributed by atoms with Crippen LogP contribution in [-0.2, 0) is 20.4 Å². The summed E-state index contributed by atoms with van der Waals surface area (Å²) >= 11 is 0. The van der Waals surface area contributed by atoms with Crippen molar-refractivity contribution in [2.24, 2.45) is 0 Å². The van der Waals surface area contributed by atoms with Gasteiger partial charge in [0.2, 0.25) is 0 Å². The Hall–Kier alpha value is -2.48. The predicted octanol–water partition coefficient (Wildman–Crippen LogP) is 1.88. The molecule has 1 fully saturated rings. The lowest BCUT2D eigenvalue weighted by Crippen LogP contribution is -2.58. The van der Waals surface area contributed by atoms with Crippen LogP contribution in [0, 0.1) is 0 Å². The molecule has 1 aromatic carbocycles. The van der Waals surface area contributed by atoms with Crippen molar-refractivity contribution in [3.05, 3.63) is 48.4 Å². The first-order valence-electron chi connectivity index (χ1n) is 8.35. The van der Waals surface area contributed by atoms with Gasteiger partial charge >= 0.3 is 0 Å². The number of ether oxygens (including phenoxy) is 2. The summed E-state index contributed by atoms with van der Waals surface area (Å²) in [6, 6.07) is 10.3. The molecule has 0 saturated carbocycles. The summed E-state index contributed by atoms with van der Waals surface area (Å²) in [5, 5.41) is -0.554. The zero-order valence-corrected chi connectivity index (χ0v) is 15.3. The van der Waals surface area contributed by atoms with Crippen LogP contribution in [0.4, 0.5) is 0 Å². The van der Waals surface area contributed by atoms with Crippen molar-refractivity contribution in [1.82, 2.24) is 4.90 Å². The first-order chi connectivity index (χ1) is 12.5. The minimum Gasteiger partial charge on any atom is -0.494 e. The molecule has 26 heavy (non-hydrogen) atoms. The van der Waals surface area contributed by atoms with E-state index in [2.05, 4.69) is 0 Å². The summed E-state index contributed by atoms with van der Waals surface area (Å²) in [6.07, 6.45) is 1.44. The van der Waals surface area contributed by atoms with E-state index >= 15 is 0 Å². The molecule has 8 heteroatoms. The first kappa shape index (κ1) is 18.3. The van der Waals surface area contributed by atoms with Gasteiger partial charge in [0.1, 0.15) is 23.0 Å². The van der Waals surface area contributed by atoms with E-state index in [1.165, 1.54) is 11.2 Å². The Morgan fingerprint density at radius 3 is 2.38 bits per heavy atom. The minimum atomic E-state index is -3.33. The lowest BCUT2D eigenvalue weighted by atomic mass is 10.2. The average Bonchev–Trinajstić information content (AvgIpc) is 3.05. The maximum Gasteiger partial charge on any atom is 0.260 e. The van der Waals surface area contributed by atoms with Crippen molar-refractivity contribution in [2.45, 2.75) is 17.9 Å². The highest BCUT2D eigenvalue weighted by Gasteiger charge is 2.40. The second kappa shape index (κ2) is 7.82. The van der Waals surface area contributed by atoms with Crippen LogP contribution in [0.25, 0.3) is 0 Å². The molecule has 0 atom stereocenters. The molecule has 140 valence electrons. The number of amides is 1. The molecule has 0 N–H and O–H groups in total. The third-order valence-electron chi connectivity index (χ3n) is 4.13. The van der Waals surface area contributed by atoms with E-state index in [-0.39, 0.29) is 31.4 Å². The number of carbonyl (C=O) groups is 1. The lowest BCUT2D eigenvalue weighted by Gasteiger charge is -2.38. The molecule has 0 aliphatic carbocycles. The molecule has 0 spiro atoms. The van der Waals surface area contributed by atoms with Crippen molar-refractivity contribution >= 4 is 15.7 Å². The topological polar surface area (TPSA) is 86.0 Å². The normalized spacial score (nSPS) is 14.7. The van der Waals surface area contributed by atoms with Gasteiger partial charge in [-0.05, 0) is 43.3 Å². The van der Waals surface area contributed by atoms with E-state index in [0.717, 1.165) is 5.75 Å². The van der Waals surface area contributed by atoms with E-state index in [9.17, 15) is 13.2 Å². The van der Waals surface area contributed by atoms with Crippen molar-refractivity contribution in [1.29, 1.82) is 0 Å². The molecule has 2 heterocycles. The number of rotatable bonds is 8. The highest BCUT2D eigenvalue weighted by atomic mass is 32.2. The minimum absolute atomic E-state index is 0.126. The molecule has 0 radical (unpaired) electrons. The number of hydrogen-bond donors (Lipinski definition) is 0. The predicted molar refractivity (Wildman–Crippen MR) is 94.8 cm³/mol. The van der Waals surface area contributed by atoms with Crippen LogP contribution in [-0.4, -0.2) is 50.8 Å². The van der Waals surface area contributed by atoms with Gasteiger partial charge in [-0.1, -0.05) is 0 Å². The first-order valence-corrected chi connectivity index (χ1v) is 10.1. The number of likely N-dealkylation sites (tertiary alicyclic amines) is 1. The smallest absolute Gasteiger partial charge is 0.260 e. The van der Waals surface area contributed by atoms with Crippen LogP contribution in [0.15, 0.2) is 47.1 Å². The molecular formula is C18H21NO6S. The van der Waals surface area contributed by atoms with Gasteiger partial charge in [-0.2, -0.15) is 0 Å². The summed E-state index contributed by atoms with van der Waals surface area (Å²) in [5.41, 5.74) is 0. The molecule has 1 amide bonds. The summed E-state index contributed by atoms with van der Waals surface area (Å²) in [5.74, 6) is 1.33. The maximum atomic E-state index is 12.3. The fourth-order valence-electron chi connectivity index (χ4n) is 2.61. The van der Waals surface area contributed by atoms with Crippen LogP contribution in [0.1, 0.15) is 12.7 Å². The molecular weight excluding hydrogens is 358 g/mol. The number of hydrogen-bond acceptors (Lipinski definition) is 6. The Kier molecular flexibility index (Phi) is 5.51. The molecule has 3 rings (SSSR count). The van der Waals surface area contributed by atoms with Crippen molar-refractivity contribution in [2.75, 3.05) is 26.3 Å². The number of benzene rings is 1. The second-order valence-electron chi connectivity index (χ2n) is 6.00. The van der Waals surface area contributed by atoms with E-state index in [4.69, 9.17) is 13.9 Å². The van der Waals surface area contributed by atoms with Crippen LogP contribution in [0.2, 0.25) is 0 Å². The van der Waals surface area contributed by atoms with Gasteiger partial charge in [0.05, 0.1) is 18.1 Å². The van der Waals surface area contributed by atoms with E-state index in [0.29, 0.717) is 18.1 Å². The standard InChI is InChI=1S/C18H21NO6S/c1-2-23-14-5-7-15(8-6-14)25-12-18(20)19-10-17(11-19)26(21,22)13-16-4-3-9-24-16/h3-9,17H,2,10-13H2,1H3. The summed E-state index contributed by atoms with van der Waals surface area (Å²) in [6.45, 7) is 2.73. The third kappa shape index (κ3) is 4.37. The van der Waals surface area contributed by atoms with Gasteiger partial charge < -0.3 is 18.8 Å². The van der Waals surface area contributed by atoms with Gasteiger partial charge in [-0.25, -0.2) is 8.42 Å². The van der Waals surface area contributed by atoms with Crippen molar-refractivity contribution < 1.29 is 27.1 Å². The van der Waals surface area contributed by atoms with Crippen LogP contribution in [0.3, 0.4) is 0 Å². The number of furan rings is 1. The number of sulfone groups is 1. The molecule has 1 saturated heterocycles. The van der Waals surface area contributed by atoms with Crippen LogP contribution >= 0.6 is 0 Å². The Morgan fingerprint density at radius 1 is 1.15 bits per heavy atom. The fraction of sp³-hybridized carbons (Fsp3) is 0.389. The molecule has 0 bridgehead atoms. The molecule has 1 aromatic heterocycles. The summed E-state index contributed by atoms with van der Waals surface area (Å²) < 4.78 is 40.4. The summed E-state index contributed by atoms with van der Waals surface area (Å²) in [4.78, 5) is 13.6. The number of carbonyl (C=O) groups excluding carboxylic acids is 1. The Bertz CT molecular complexity index is 823. The summed E-state index contributed by atoms with van der Waals surface area (Å²) in [7, 11) is -3.33. The highest BCUT2D eigenvalue weighted by Crippen LogP contribution is 2.22. The Labute approximate surface area is 152 Å². The van der Waals surface area contributed by atoms with Crippen molar-refractivity contribution in [3.8, 4) is 11.5 Å². The second-order valence-corrected chi connectivity index (χ2v) is 8.28. The molecule has 0 unspecified atom stereocenters.